The Balaban J connectivity index is 1.54. The van der Waals surface area contributed by atoms with Gasteiger partial charge in [-0.2, -0.15) is 0 Å². The van der Waals surface area contributed by atoms with E-state index in [1.165, 1.54) is 5.56 Å². The molecular formula is C26H26N4OS. The number of hydrogen-bond acceptors (Lipinski definition) is 3. The van der Waals surface area contributed by atoms with Gasteiger partial charge in [0, 0.05) is 31.0 Å². The van der Waals surface area contributed by atoms with Gasteiger partial charge in [-0.1, -0.05) is 54.6 Å². The van der Waals surface area contributed by atoms with E-state index in [1.807, 2.05) is 72.6 Å². The topological polar surface area (TPSA) is 61.0 Å². The maximum absolute atomic E-state index is 12.8. The number of rotatable bonds is 7. The normalized spacial score (nSPS) is 10.8. The minimum atomic E-state index is -0.0879. The molecule has 0 bridgehead atoms. The van der Waals surface area contributed by atoms with E-state index in [4.69, 9.17) is 12.2 Å². The fourth-order valence-electron chi connectivity index (χ4n) is 3.73. The summed E-state index contributed by atoms with van der Waals surface area (Å²) in [5, 5.41) is 5.00. The molecule has 2 heterocycles. The van der Waals surface area contributed by atoms with Crippen LogP contribution in [-0.2, 0) is 19.5 Å². The van der Waals surface area contributed by atoms with Crippen molar-refractivity contribution >= 4 is 28.2 Å². The van der Waals surface area contributed by atoms with Crippen LogP contribution in [0.3, 0.4) is 0 Å². The van der Waals surface area contributed by atoms with Crippen LogP contribution in [0.1, 0.15) is 22.3 Å². The number of pyridine rings is 2. The molecule has 2 N–H and O–H groups in total. The van der Waals surface area contributed by atoms with Crippen molar-refractivity contribution in [2.24, 2.45) is 0 Å². The number of aromatic nitrogens is 2. The molecule has 2 aromatic heterocycles. The Labute approximate surface area is 193 Å². The number of aromatic amines is 1. The lowest BCUT2D eigenvalue weighted by Crippen LogP contribution is -2.40. The van der Waals surface area contributed by atoms with Crippen LogP contribution in [0.2, 0.25) is 0 Å². The van der Waals surface area contributed by atoms with E-state index in [0.717, 1.165) is 35.0 Å². The SMILES string of the molecule is Cc1cccc2cc(CN(Cc3cccnc3)C(=S)NCCc3ccccc3)c(=O)[nH]c12. The number of aryl methyl sites for hydroxylation is 1. The second-order valence-corrected chi connectivity index (χ2v) is 8.23. The molecule has 0 saturated heterocycles. The molecule has 32 heavy (non-hydrogen) atoms. The van der Waals surface area contributed by atoms with Crippen LogP contribution < -0.4 is 10.9 Å². The molecule has 0 atom stereocenters. The number of benzene rings is 2. The van der Waals surface area contributed by atoms with Gasteiger partial charge in [0.05, 0.1) is 12.1 Å². The first-order chi connectivity index (χ1) is 15.6. The van der Waals surface area contributed by atoms with Gasteiger partial charge in [0.15, 0.2) is 5.11 Å². The van der Waals surface area contributed by atoms with Crippen LogP contribution >= 0.6 is 12.2 Å². The zero-order valence-corrected chi connectivity index (χ0v) is 18.9. The van der Waals surface area contributed by atoms with Gasteiger partial charge in [-0.3, -0.25) is 9.78 Å². The smallest absolute Gasteiger partial charge is 0.253 e. The fraction of sp³-hybridized carbons (Fsp3) is 0.192. The highest BCUT2D eigenvalue weighted by Gasteiger charge is 2.14. The predicted octanol–water partition coefficient (Wildman–Crippen LogP) is 4.35. The van der Waals surface area contributed by atoms with Crippen molar-refractivity contribution in [1.29, 1.82) is 0 Å². The molecule has 4 rings (SSSR count). The van der Waals surface area contributed by atoms with Gasteiger partial charge in [-0.25, -0.2) is 0 Å². The third-order valence-corrected chi connectivity index (χ3v) is 5.84. The third kappa shape index (κ3) is 5.39. The second-order valence-electron chi connectivity index (χ2n) is 7.85. The van der Waals surface area contributed by atoms with Gasteiger partial charge < -0.3 is 15.2 Å². The van der Waals surface area contributed by atoms with Crippen molar-refractivity contribution < 1.29 is 0 Å². The van der Waals surface area contributed by atoms with Gasteiger partial charge in [0.25, 0.3) is 5.56 Å². The average molecular weight is 443 g/mol. The molecule has 0 saturated carbocycles. The molecule has 6 heteroatoms. The number of hydrogen-bond donors (Lipinski definition) is 2. The second kappa shape index (κ2) is 10.2. The van der Waals surface area contributed by atoms with Gasteiger partial charge in [-0.05, 0) is 59.8 Å². The molecule has 0 fully saturated rings. The van der Waals surface area contributed by atoms with Gasteiger partial charge in [-0.15, -0.1) is 0 Å². The van der Waals surface area contributed by atoms with E-state index in [2.05, 4.69) is 27.4 Å². The molecule has 0 spiro atoms. The van der Waals surface area contributed by atoms with Crippen molar-refractivity contribution in [3.63, 3.8) is 0 Å². The maximum atomic E-state index is 12.8. The summed E-state index contributed by atoms with van der Waals surface area (Å²) in [4.78, 5) is 22.1. The summed E-state index contributed by atoms with van der Waals surface area (Å²) in [6, 6.07) is 22.2. The average Bonchev–Trinajstić information content (AvgIpc) is 2.81. The van der Waals surface area contributed by atoms with E-state index in [9.17, 15) is 4.79 Å². The third-order valence-electron chi connectivity index (χ3n) is 5.44. The molecular weight excluding hydrogens is 416 g/mol. The Kier molecular flexibility index (Phi) is 6.92. The number of nitrogens with zero attached hydrogens (tertiary/aromatic N) is 2. The highest BCUT2D eigenvalue weighted by molar-refractivity contribution is 7.80. The summed E-state index contributed by atoms with van der Waals surface area (Å²) in [6.07, 6.45) is 4.45. The molecule has 0 radical (unpaired) electrons. The first-order valence-electron chi connectivity index (χ1n) is 10.7. The van der Waals surface area contributed by atoms with Crippen LogP contribution in [0.25, 0.3) is 10.9 Å². The minimum Gasteiger partial charge on any atom is -0.362 e. The van der Waals surface area contributed by atoms with Crippen LogP contribution in [0.15, 0.2) is 83.9 Å². The van der Waals surface area contributed by atoms with Crippen molar-refractivity contribution in [3.05, 3.63) is 112 Å². The number of thiocarbonyl (C=S) groups is 1. The standard InChI is InChI=1S/C26H26N4OS/c1-19-7-5-11-22-15-23(25(31)29-24(19)22)18-30(17-21-10-6-13-27-16-21)26(32)28-14-12-20-8-3-2-4-9-20/h2-11,13,15-16H,12,14,17-18H2,1H3,(H,28,32)(H,29,31). The number of nitrogens with one attached hydrogen (secondary N) is 2. The number of fused-ring (bicyclic) bond motifs is 1. The molecule has 5 nitrogen and oxygen atoms in total. The summed E-state index contributed by atoms with van der Waals surface area (Å²) in [5.74, 6) is 0. The van der Waals surface area contributed by atoms with E-state index >= 15 is 0 Å². The molecule has 0 unspecified atom stereocenters. The van der Waals surface area contributed by atoms with E-state index in [0.29, 0.717) is 23.8 Å². The van der Waals surface area contributed by atoms with E-state index in [-0.39, 0.29) is 5.56 Å². The fourth-order valence-corrected chi connectivity index (χ4v) is 3.96. The quantitative estimate of drug-likeness (QED) is 0.417. The summed E-state index contributed by atoms with van der Waals surface area (Å²) in [5.41, 5.74) is 4.81. The van der Waals surface area contributed by atoms with Crippen molar-refractivity contribution in [3.8, 4) is 0 Å². The largest absolute Gasteiger partial charge is 0.362 e. The Hall–Kier alpha value is -3.51. The molecule has 0 aliphatic rings. The zero-order chi connectivity index (χ0) is 22.3. The van der Waals surface area contributed by atoms with Crippen molar-refractivity contribution in [2.75, 3.05) is 6.54 Å². The highest BCUT2D eigenvalue weighted by atomic mass is 32.1. The summed E-state index contributed by atoms with van der Waals surface area (Å²) < 4.78 is 0. The molecule has 2 aromatic carbocycles. The van der Waals surface area contributed by atoms with Gasteiger partial charge in [0.1, 0.15) is 0 Å². The Bertz CT molecular complexity index is 1260. The number of H-pyrrole nitrogens is 1. The first-order valence-corrected chi connectivity index (χ1v) is 11.1. The molecule has 162 valence electrons. The predicted molar refractivity (Wildman–Crippen MR) is 134 cm³/mol. The first kappa shape index (κ1) is 21.7. The summed E-state index contributed by atoms with van der Waals surface area (Å²) in [7, 11) is 0. The Morgan fingerprint density at radius 1 is 1.03 bits per heavy atom. The Morgan fingerprint density at radius 3 is 2.62 bits per heavy atom. The molecule has 0 aliphatic heterocycles. The number of para-hydroxylation sites is 1. The van der Waals surface area contributed by atoms with Crippen LogP contribution in [0.5, 0.6) is 0 Å². The molecule has 4 aromatic rings. The molecule has 0 amide bonds. The van der Waals surface area contributed by atoms with Gasteiger partial charge >= 0.3 is 0 Å². The lowest BCUT2D eigenvalue weighted by atomic mass is 10.1. The monoisotopic (exact) mass is 442 g/mol. The minimum absolute atomic E-state index is 0.0879. The van der Waals surface area contributed by atoms with Crippen LogP contribution in [0.4, 0.5) is 0 Å². The maximum Gasteiger partial charge on any atom is 0.253 e. The van der Waals surface area contributed by atoms with Gasteiger partial charge in [0.2, 0.25) is 0 Å². The Morgan fingerprint density at radius 2 is 1.84 bits per heavy atom. The lowest BCUT2D eigenvalue weighted by Gasteiger charge is -2.26. The summed E-state index contributed by atoms with van der Waals surface area (Å²) in [6.45, 7) is 3.69. The zero-order valence-electron chi connectivity index (χ0n) is 18.0. The molecule has 0 aliphatic carbocycles. The van der Waals surface area contributed by atoms with Crippen LogP contribution in [-0.4, -0.2) is 26.5 Å². The van der Waals surface area contributed by atoms with Crippen molar-refractivity contribution in [2.45, 2.75) is 26.4 Å². The lowest BCUT2D eigenvalue weighted by molar-refractivity contribution is 0.397. The highest BCUT2D eigenvalue weighted by Crippen LogP contribution is 2.16. The van der Waals surface area contributed by atoms with E-state index in [1.54, 1.807) is 6.20 Å². The van der Waals surface area contributed by atoms with Crippen molar-refractivity contribution in [1.82, 2.24) is 20.2 Å². The summed E-state index contributed by atoms with van der Waals surface area (Å²) >= 11 is 5.73. The van der Waals surface area contributed by atoms with Crippen LogP contribution in [0, 0.1) is 6.92 Å². The van der Waals surface area contributed by atoms with E-state index < -0.39 is 0 Å².